The Bertz CT molecular complexity index is 35.7. The minimum absolute atomic E-state index is 0. The summed E-state index contributed by atoms with van der Waals surface area (Å²) in [6, 6.07) is 0. The maximum atomic E-state index is 3.68. The molecule has 0 unspecified atom stereocenters. The summed E-state index contributed by atoms with van der Waals surface area (Å²) >= 11 is 3.68. The molecule has 0 spiro atoms. The summed E-state index contributed by atoms with van der Waals surface area (Å²) < 4.78 is 2.59. The Morgan fingerprint density at radius 2 is 1.75 bits per heavy atom. The molecule has 0 aromatic heterocycles. The van der Waals surface area contributed by atoms with E-state index in [1.165, 1.54) is 0 Å². The Morgan fingerprint density at radius 3 is 1.75 bits per heavy atom. The van der Waals surface area contributed by atoms with Crippen LogP contribution in [-0.2, 0) is 0 Å². The number of rotatable bonds is 2. The third-order valence-electron chi connectivity index (χ3n) is 0.236. The maximum absolute atomic E-state index is 3.68. The average molecular weight is 149 g/mol. The molecule has 0 aromatic rings. The molecule has 0 aromatic carbocycles. The minimum Gasteiger partial charge on any atom is -0.269 e. The molecule has 0 heterocycles. The van der Waals surface area contributed by atoms with E-state index in [1.807, 2.05) is 0 Å². The fourth-order valence-electron chi connectivity index (χ4n) is 0.0645. The molecule has 0 aliphatic carbocycles. The average Bonchev–Trinajstić information content (AvgIpc) is 1.41. The summed E-state index contributed by atoms with van der Waals surface area (Å²) in [4.78, 5) is 0. The highest BCUT2D eigenvalue weighted by Gasteiger charge is 1.57. The second-order valence-electron chi connectivity index (χ2n) is 0.651. The van der Waals surface area contributed by atoms with E-state index in [0.717, 1.165) is 6.54 Å². The molecule has 0 bridgehead atoms. The Balaban J connectivity index is -0.0000000267. The van der Waals surface area contributed by atoms with Crippen LogP contribution >= 0.6 is 12.8 Å². The van der Waals surface area contributed by atoms with Gasteiger partial charge in [0.15, 0.2) is 0 Å². The van der Waals surface area contributed by atoms with E-state index < -0.39 is 0 Å². The summed E-state index contributed by atoms with van der Waals surface area (Å²) in [6.45, 7) is 4.21. The normalized spacial score (nSPS) is 4.62. The van der Waals surface area contributed by atoms with Crippen LogP contribution in [-0.4, -0.2) is 6.54 Å². The lowest BCUT2D eigenvalue weighted by Crippen LogP contribution is -1.93. The van der Waals surface area contributed by atoms with Crippen LogP contribution < -0.4 is 4.72 Å². The number of hydrogen-bond acceptors (Lipinski definition) is 2. The van der Waals surface area contributed by atoms with Crippen LogP contribution in [0.15, 0.2) is 12.7 Å². The molecular formula is C3H10F3NS. The Kier molecular flexibility index (Phi) is 89.9. The van der Waals surface area contributed by atoms with Crippen LogP contribution in [0.4, 0.5) is 14.1 Å². The van der Waals surface area contributed by atoms with Gasteiger partial charge in [0, 0.05) is 6.54 Å². The molecule has 0 aliphatic heterocycles. The zero-order valence-corrected chi connectivity index (χ0v) is 5.06. The van der Waals surface area contributed by atoms with Gasteiger partial charge in [0.05, 0.1) is 0 Å². The first kappa shape index (κ1) is 24.9. The van der Waals surface area contributed by atoms with Gasteiger partial charge in [-0.3, -0.25) is 18.8 Å². The maximum Gasteiger partial charge on any atom is 0.0234 e. The van der Waals surface area contributed by atoms with Crippen molar-refractivity contribution in [3.8, 4) is 0 Å². The summed E-state index contributed by atoms with van der Waals surface area (Å²) in [5.74, 6) is 0. The first-order valence-corrected chi connectivity index (χ1v) is 1.84. The molecule has 0 fully saturated rings. The topological polar surface area (TPSA) is 12.0 Å². The van der Waals surface area contributed by atoms with E-state index in [4.69, 9.17) is 0 Å². The molecule has 5 heteroatoms. The molecule has 0 rings (SSSR count). The van der Waals surface area contributed by atoms with Crippen molar-refractivity contribution >= 4 is 12.8 Å². The second-order valence-corrected chi connectivity index (χ2v) is 0.967. The summed E-state index contributed by atoms with van der Waals surface area (Å²) in [5.41, 5.74) is 0. The fourth-order valence-corrected chi connectivity index (χ4v) is 0.194. The molecule has 0 atom stereocenters. The van der Waals surface area contributed by atoms with Gasteiger partial charge in [0.2, 0.25) is 0 Å². The third-order valence-corrected chi connectivity index (χ3v) is 0.418. The first-order chi connectivity index (χ1) is 2.41. The quantitative estimate of drug-likeness (QED) is 0.442. The van der Waals surface area contributed by atoms with Crippen molar-refractivity contribution in [3.63, 3.8) is 0 Å². The van der Waals surface area contributed by atoms with Crippen molar-refractivity contribution in [1.29, 1.82) is 0 Å². The molecule has 0 aliphatic rings. The van der Waals surface area contributed by atoms with Crippen LogP contribution in [0.3, 0.4) is 0 Å². The highest BCUT2D eigenvalue weighted by atomic mass is 32.1. The third kappa shape index (κ3) is 40.4. The van der Waals surface area contributed by atoms with Gasteiger partial charge in [-0.15, -0.1) is 6.58 Å². The molecule has 0 saturated heterocycles. The molecule has 1 N–H and O–H groups in total. The van der Waals surface area contributed by atoms with Crippen molar-refractivity contribution in [2.24, 2.45) is 0 Å². The van der Waals surface area contributed by atoms with Crippen molar-refractivity contribution in [3.05, 3.63) is 12.7 Å². The summed E-state index contributed by atoms with van der Waals surface area (Å²) in [5, 5.41) is 0. The second kappa shape index (κ2) is 28.9. The fraction of sp³-hybridized carbons (Fsp3) is 0.333. The van der Waals surface area contributed by atoms with E-state index in [1.54, 1.807) is 6.08 Å². The van der Waals surface area contributed by atoms with Crippen molar-refractivity contribution in [2.75, 3.05) is 6.54 Å². The molecule has 0 amide bonds. The van der Waals surface area contributed by atoms with E-state index in [0.29, 0.717) is 0 Å². The Labute approximate surface area is 51.8 Å². The number of hydrogen-bond donors (Lipinski definition) is 2. The van der Waals surface area contributed by atoms with E-state index >= 15 is 0 Å². The van der Waals surface area contributed by atoms with Gasteiger partial charge in [-0.25, -0.2) is 0 Å². The zero-order valence-electron chi connectivity index (χ0n) is 4.16. The Morgan fingerprint density at radius 1 is 1.38 bits per heavy atom. The molecule has 54 valence electrons. The molecule has 8 heavy (non-hydrogen) atoms. The lowest BCUT2D eigenvalue weighted by atomic mass is 10.7. The van der Waals surface area contributed by atoms with E-state index in [9.17, 15) is 0 Å². The predicted molar refractivity (Wildman–Crippen MR) is 34.7 cm³/mol. The van der Waals surface area contributed by atoms with Crippen LogP contribution in [0, 0.1) is 0 Å². The molecular weight excluding hydrogens is 139 g/mol. The monoisotopic (exact) mass is 149 g/mol. The van der Waals surface area contributed by atoms with Crippen LogP contribution in [0.2, 0.25) is 0 Å². The SMILES string of the molecule is C=CCNS.F.F.F. The van der Waals surface area contributed by atoms with Gasteiger partial charge in [-0.1, -0.05) is 18.9 Å². The molecule has 0 saturated carbocycles. The van der Waals surface area contributed by atoms with E-state index in [2.05, 4.69) is 24.1 Å². The molecule has 1 nitrogen and oxygen atoms in total. The number of halogens is 3. The highest BCUT2D eigenvalue weighted by molar-refractivity contribution is 7.78. The number of thiol groups is 1. The van der Waals surface area contributed by atoms with Crippen LogP contribution in [0.1, 0.15) is 0 Å². The van der Waals surface area contributed by atoms with Gasteiger partial charge >= 0.3 is 0 Å². The van der Waals surface area contributed by atoms with Crippen LogP contribution in [0.5, 0.6) is 0 Å². The minimum atomic E-state index is 0. The van der Waals surface area contributed by atoms with Crippen molar-refractivity contribution in [2.45, 2.75) is 0 Å². The highest BCUT2D eigenvalue weighted by Crippen LogP contribution is 1.57. The zero-order chi connectivity index (χ0) is 4.12. The van der Waals surface area contributed by atoms with Crippen LogP contribution in [0.25, 0.3) is 0 Å². The lowest BCUT2D eigenvalue weighted by molar-refractivity contribution is 1.11. The summed E-state index contributed by atoms with van der Waals surface area (Å²) in [7, 11) is 0. The largest absolute Gasteiger partial charge is 0.269 e. The first-order valence-electron chi connectivity index (χ1n) is 1.39. The lowest BCUT2D eigenvalue weighted by Gasteiger charge is -1.78. The van der Waals surface area contributed by atoms with Crippen molar-refractivity contribution in [1.82, 2.24) is 4.72 Å². The van der Waals surface area contributed by atoms with Gasteiger partial charge in [-0.2, -0.15) is 0 Å². The molecule has 0 radical (unpaired) electrons. The van der Waals surface area contributed by atoms with Gasteiger partial charge < -0.3 is 0 Å². The standard InChI is InChI=1S/C3H7NS.3FH/c1-2-3-4-5;;;/h2,4-5H,1,3H2;3*1H. The van der Waals surface area contributed by atoms with Gasteiger partial charge in [0.1, 0.15) is 0 Å². The van der Waals surface area contributed by atoms with Crippen molar-refractivity contribution < 1.29 is 14.1 Å². The summed E-state index contributed by atoms with van der Waals surface area (Å²) in [6.07, 6.45) is 1.74. The van der Waals surface area contributed by atoms with Gasteiger partial charge in [0.25, 0.3) is 0 Å². The number of nitrogens with one attached hydrogen (secondary N) is 1. The smallest absolute Gasteiger partial charge is 0.0234 e. The predicted octanol–water partition coefficient (Wildman–Crippen LogP) is 1.06. The van der Waals surface area contributed by atoms with Gasteiger partial charge in [-0.05, 0) is 0 Å². The Hall–Kier alpha value is -0.160. The van der Waals surface area contributed by atoms with E-state index in [-0.39, 0.29) is 14.1 Å².